The highest BCUT2D eigenvalue weighted by molar-refractivity contribution is 8.02. The van der Waals surface area contributed by atoms with Gasteiger partial charge in [0.2, 0.25) is 5.91 Å². The van der Waals surface area contributed by atoms with Gasteiger partial charge in [-0.2, -0.15) is 0 Å². The maximum Gasteiger partial charge on any atom is 0.340 e. The van der Waals surface area contributed by atoms with Gasteiger partial charge in [-0.05, 0) is 44.0 Å². The zero-order valence-electron chi connectivity index (χ0n) is 21.0. The van der Waals surface area contributed by atoms with Crippen LogP contribution >= 0.6 is 11.8 Å². The van der Waals surface area contributed by atoms with E-state index >= 15 is 0 Å². The number of carbonyl (C=O) groups is 5. The second-order valence-electron chi connectivity index (χ2n) is 9.52. The molecule has 0 bridgehead atoms. The lowest BCUT2D eigenvalue weighted by molar-refractivity contribution is -0.161. The van der Waals surface area contributed by atoms with Crippen molar-refractivity contribution in [3.8, 4) is 0 Å². The van der Waals surface area contributed by atoms with Gasteiger partial charge in [-0.15, -0.1) is 11.8 Å². The fourth-order valence-corrected chi connectivity index (χ4v) is 5.28. The average molecular weight is 544 g/mol. The van der Waals surface area contributed by atoms with E-state index in [0.717, 1.165) is 16.7 Å². The molecule has 1 saturated heterocycles. The maximum absolute atomic E-state index is 13.4. The summed E-state index contributed by atoms with van der Waals surface area (Å²) in [6, 6.07) is 13.0. The Kier molecular flexibility index (Phi) is 9.00. The molecule has 0 radical (unpaired) electrons. The van der Waals surface area contributed by atoms with Crippen molar-refractivity contribution in [2.45, 2.75) is 49.5 Å². The Labute approximate surface area is 223 Å². The molecule has 3 rings (SSSR count). The number of nitrogens with one attached hydrogen (secondary N) is 2. The highest BCUT2D eigenvalue weighted by Crippen LogP contribution is 2.45. The van der Waals surface area contributed by atoms with Crippen LogP contribution in [-0.4, -0.2) is 67.7 Å². The van der Waals surface area contributed by atoms with E-state index in [1.54, 1.807) is 69.3 Å². The molecule has 0 aromatic heterocycles. The molecule has 12 heteroatoms. The van der Waals surface area contributed by atoms with Crippen LogP contribution in [0.1, 0.15) is 37.9 Å². The predicted octanol–water partition coefficient (Wildman–Crippen LogP) is 2.87. The third-order valence-corrected chi connectivity index (χ3v) is 6.77. The number of urea groups is 1. The largest absolute Gasteiger partial charge is 0.481 e. The fraction of sp³-hybridized carbons (Fsp3) is 0.346. The van der Waals surface area contributed by atoms with Gasteiger partial charge in [0.1, 0.15) is 10.9 Å². The molecule has 2 aromatic carbocycles. The van der Waals surface area contributed by atoms with E-state index < -0.39 is 58.7 Å². The first kappa shape index (κ1) is 28.5. The number of benzene rings is 2. The highest BCUT2D eigenvalue weighted by atomic mass is 32.2. The van der Waals surface area contributed by atoms with E-state index in [2.05, 4.69) is 10.6 Å². The van der Waals surface area contributed by atoms with Gasteiger partial charge in [0, 0.05) is 5.69 Å². The van der Waals surface area contributed by atoms with E-state index in [9.17, 15) is 29.1 Å². The molecule has 0 saturated carbocycles. The van der Waals surface area contributed by atoms with E-state index in [1.165, 1.54) is 6.07 Å². The second-order valence-corrected chi connectivity index (χ2v) is 10.7. The maximum atomic E-state index is 13.4. The van der Waals surface area contributed by atoms with Gasteiger partial charge in [-0.3, -0.25) is 14.4 Å². The van der Waals surface area contributed by atoms with Crippen molar-refractivity contribution in [2.24, 2.45) is 0 Å². The summed E-state index contributed by atoms with van der Waals surface area (Å²) in [6.07, 6.45) is -0.222. The summed E-state index contributed by atoms with van der Waals surface area (Å²) < 4.78 is 5.47. The van der Waals surface area contributed by atoms with E-state index in [-0.39, 0.29) is 6.42 Å². The highest BCUT2D eigenvalue weighted by Gasteiger charge is 2.52. The van der Waals surface area contributed by atoms with Gasteiger partial charge in [0.25, 0.3) is 0 Å². The molecular formula is C26H29N3O8S. The Morgan fingerprint density at radius 3 is 2.29 bits per heavy atom. The topological polar surface area (TPSA) is 162 Å². The van der Waals surface area contributed by atoms with Gasteiger partial charge >= 0.3 is 23.9 Å². The monoisotopic (exact) mass is 543 g/mol. The van der Waals surface area contributed by atoms with Crippen molar-refractivity contribution >= 4 is 47.3 Å². The summed E-state index contributed by atoms with van der Waals surface area (Å²) in [5, 5.41) is 21.4. The number of nitrogens with zero attached hydrogens (tertiary/aromatic N) is 1. The smallest absolute Gasteiger partial charge is 0.340 e. The van der Waals surface area contributed by atoms with Gasteiger partial charge in [-0.25, -0.2) is 9.59 Å². The molecule has 2 aromatic rings. The molecule has 1 aliphatic rings. The van der Waals surface area contributed by atoms with Gasteiger partial charge < -0.3 is 30.5 Å². The Morgan fingerprint density at radius 2 is 1.68 bits per heavy atom. The van der Waals surface area contributed by atoms with E-state index in [0.29, 0.717) is 16.8 Å². The molecule has 4 N–H and O–H groups in total. The first-order valence-corrected chi connectivity index (χ1v) is 12.6. The second kappa shape index (κ2) is 12.0. The minimum atomic E-state index is -1.24. The van der Waals surface area contributed by atoms with Crippen molar-refractivity contribution in [1.29, 1.82) is 0 Å². The lowest BCUT2D eigenvalue weighted by Crippen LogP contribution is -2.48. The summed E-state index contributed by atoms with van der Waals surface area (Å²) in [4.78, 5) is 63.2. The SMILES string of the molecule is CC(C)(C)OC(=O)C1SC(C(=O)O)C(c2ccccc2)N1C(=O)CNC(=O)Nc1cccc(CC(=O)O)c1. The van der Waals surface area contributed by atoms with Crippen LogP contribution in [-0.2, 0) is 30.3 Å². The minimum absolute atomic E-state index is 0.222. The normalized spacial score (nSPS) is 18.9. The molecule has 1 fully saturated rings. The number of carbonyl (C=O) groups excluding carboxylic acids is 3. The van der Waals surface area contributed by atoms with Gasteiger partial charge in [0.05, 0.1) is 19.0 Å². The molecule has 38 heavy (non-hydrogen) atoms. The van der Waals surface area contributed by atoms with Crippen LogP contribution in [0.3, 0.4) is 0 Å². The number of carboxylic acid groups (broad SMARTS) is 2. The Hall–Kier alpha value is -4.06. The lowest BCUT2D eigenvalue weighted by atomic mass is 10.0. The van der Waals surface area contributed by atoms with Crippen molar-refractivity contribution in [3.63, 3.8) is 0 Å². The number of carboxylic acids is 2. The van der Waals surface area contributed by atoms with Crippen molar-refractivity contribution < 1.29 is 38.9 Å². The van der Waals surface area contributed by atoms with Crippen molar-refractivity contribution in [3.05, 3.63) is 65.7 Å². The van der Waals surface area contributed by atoms with Crippen LogP contribution in [0.25, 0.3) is 0 Å². The van der Waals surface area contributed by atoms with Crippen LogP contribution in [0, 0.1) is 0 Å². The zero-order valence-corrected chi connectivity index (χ0v) is 21.9. The standard InChI is InChI=1S/C26H29N3O8S/c1-26(2,3)37-24(35)22-29(20(21(38-22)23(33)34)16-9-5-4-6-10-16)18(30)14-27-25(36)28-17-11-7-8-15(12-17)13-19(31)32/h4-12,20-22H,13-14H2,1-3H3,(H,31,32)(H,33,34)(H2,27,28,36). The Morgan fingerprint density at radius 1 is 1.00 bits per heavy atom. The number of aliphatic carboxylic acids is 2. The van der Waals surface area contributed by atoms with Crippen LogP contribution in [0.5, 0.6) is 0 Å². The predicted molar refractivity (Wildman–Crippen MR) is 139 cm³/mol. The Bertz CT molecular complexity index is 1210. The van der Waals surface area contributed by atoms with Gasteiger partial charge in [0.15, 0.2) is 5.37 Å². The van der Waals surface area contributed by atoms with E-state index in [1.807, 2.05) is 0 Å². The number of hydrogen-bond donors (Lipinski definition) is 4. The molecule has 3 atom stereocenters. The average Bonchev–Trinajstić information content (AvgIpc) is 3.23. The quantitative estimate of drug-likeness (QED) is 0.367. The molecular weight excluding hydrogens is 514 g/mol. The number of rotatable bonds is 8. The summed E-state index contributed by atoms with van der Waals surface area (Å²) in [6.45, 7) is 4.46. The molecule has 3 amide bonds. The zero-order chi connectivity index (χ0) is 28.0. The third kappa shape index (κ3) is 7.48. The van der Waals surface area contributed by atoms with Crippen LogP contribution in [0.4, 0.5) is 10.5 Å². The minimum Gasteiger partial charge on any atom is -0.481 e. The first-order chi connectivity index (χ1) is 17.9. The number of anilines is 1. The molecule has 1 heterocycles. The van der Waals surface area contributed by atoms with E-state index in [4.69, 9.17) is 9.84 Å². The first-order valence-electron chi connectivity index (χ1n) is 11.7. The fourth-order valence-electron chi connectivity index (χ4n) is 3.91. The molecule has 11 nitrogen and oxygen atoms in total. The Balaban J connectivity index is 1.80. The number of ether oxygens (including phenoxy) is 1. The summed E-state index contributed by atoms with van der Waals surface area (Å²) in [5.41, 5.74) is 0.450. The third-order valence-electron chi connectivity index (χ3n) is 5.34. The summed E-state index contributed by atoms with van der Waals surface area (Å²) >= 11 is 0.805. The number of esters is 1. The molecule has 0 spiro atoms. The van der Waals surface area contributed by atoms with Crippen LogP contribution in [0.2, 0.25) is 0 Å². The number of hydrogen-bond acceptors (Lipinski definition) is 7. The van der Waals surface area contributed by atoms with Crippen molar-refractivity contribution in [2.75, 3.05) is 11.9 Å². The number of thioether (sulfide) groups is 1. The summed E-state index contributed by atoms with van der Waals surface area (Å²) in [7, 11) is 0. The molecule has 0 aliphatic carbocycles. The molecule has 3 unspecified atom stereocenters. The number of amides is 3. The van der Waals surface area contributed by atoms with Crippen LogP contribution < -0.4 is 10.6 Å². The lowest BCUT2D eigenvalue weighted by Gasteiger charge is -2.31. The van der Waals surface area contributed by atoms with Crippen molar-refractivity contribution in [1.82, 2.24) is 10.2 Å². The van der Waals surface area contributed by atoms with Crippen LogP contribution in [0.15, 0.2) is 54.6 Å². The molecule has 1 aliphatic heterocycles. The summed E-state index contributed by atoms with van der Waals surface area (Å²) in [5.74, 6) is -3.66. The van der Waals surface area contributed by atoms with Gasteiger partial charge in [-0.1, -0.05) is 42.5 Å². The molecule has 202 valence electrons.